The second kappa shape index (κ2) is 10.1. The number of methoxy groups -OCH3 is 1. The summed E-state index contributed by atoms with van der Waals surface area (Å²) in [5.74, 6) is 2.63. The second-order valence-electron chi connectivity index (χ2n) is 8.58. The van der Waals surface area contributed by atoms with Gasteiger partial charge in [0.05, 0.1) is 12.0 Å². The van der Waals surface area contributed by atoms with E-state index in [2.05, 4.69) is 57.2 Å². The Labute approximate surface area is 203 Å². The molecule has 34 heavy (non-hydrogen) atoms. The average Bonchev–Trinajstić information content (AvgIpc) is 2.85. The van der Waals surface area contributed by atoms with Gasteiger partial charge in [0.2, 0.25) is 11.1 Å². The highest BCUT2D eigenvalue weighted by Gasteiger charge is 2.22. The maximum absolute atomic E-state index is 12.5. The van der Waals surface area contributed by atoms with E-state index in [-0.39, 0.29) is 5.41 Å². The molecular formula is C29H28O4S. The molecule has 0 amide bonds. The van der Waals surface area contributed by atoms with E-state index < -0.39 is 11.1 Å². The van der Waals surface area contributed by atoms with Crippen LogP contribution in [0, 0.1) is 6.92 Å². The molecule has 0 aliphatic rings. The number of ether oxygens (including phenoxy) is 2. The highest BCUT2D eigenvalue weighted by molar-refractivity contribution is 7.80. The van der Waals surface area contributed by atoms with Gasteiger partial charge in [0.15, 0.2) is 0 Å². The van der Waals surface area contributed by atoms with Crippen molar-refractivity contribution in [1.29, 1.82) is 0 Å². The topological polar surface area (TPSA) is 44.8 Å². The van der Waals surface area contributed by atoms with Crippen molar-refractivity contribution in [3.05, 3.63) is 114 Å². The molecule has 174 valence electrons. The Morgan fingerprint density at radius 1 is 0.618 bits per heavy atom. The third kappa shape index (κ3) is 5.49. The first-order chi connectivity index (χ1) is 16.3. The van der Waals surface area contributed by atoms with Gasteiger partial charge in [0, 0.05) is 5.41 Å². The van der Waals surface area contributed by atoms with E-state index in [1.165, 1.54) is 16.7 Å². The molecule has 0 N–H and O–H groups in total. The molecule has 4 aromatic rings. The van der Waals surface area contributed by atoms with Crippen LogP contribution in [0.1, 0.15) is 30.5 Å². The summed E-state index contributed by atoms with van der Waals surface area (Å²) in [4.78, 5) is 0.554. The zero-order valence-electron chi connectivity index (χ0n) is 19.8. The van der Waals surface area contributed by atoms with Crippen LogP contribution in [0.3, 0.4) is 0 Å². The molecule has 4 aromatic carbocycles. The number of benzene rings is 4. The molecule has 1 atom stereocenters. The lowest BCUT2D eigenvalue weighted by molar-refractivity contribution is 0.414. The number of hydrogen-bond donors (Lipinski definition) is 0. The Kier molecular flexibility index (Phi) is 7.03. The highest BCUT2D eigenvalue weighted by atomic mass is 32.2. The van der Waals surface area contributed by atoms with Crippen molar-refractivity contribution in [3.63, 3.8) is 0 Å². The predicted octanol–water partition coefficient (Wildman–Crippen LogP) is 7.22. The van der Waals surface area contributed by atoms with Crippen LogP contribution in [-0.2, 0) is 16.5 Å². The summed E-state index contributed by atoms with van der Waals surface area (Å²) < 4.78 is 29.2. The zero-order chi connectivity index (χ0) is 24.1. The van der Waals surface area contributed by atoms with Crippen molar-refractivity contribution >= 4 is 11.1 Å². The van der Waals surface area contributed by atoms with Crippen molar-refractivity contribution in [1.82, 2.24) is 0 Å². The fraction of sp³-hybridized carbons (Fsp3) is 0.172. The number of hydrogen-bond acceptors (Lipinski definition) is 4. The van der Waals surface area contributed by atoms with Gasteiger partial charge in [-0.15, -0.1) is 0 Å². The summed E-state index contributed by atoms with van der Waals surface area (Å²) >= 11 is -1.63. The smallest absolute Gasteiger partial charge is 0.240 e. The van der Waals surface area contributed by atoms with Crippen LogP contribution in [0.4, 0.5) is 0 Å². The molecule has 0 saturated carbocycles. The molecular weight excluding hydrogens is 444 g/mol. The van der Waals surface area contributed by atoms with E-state index in [0.717, 1.165) is 5.75 Å². The Bertz CT molecular complexity index is 1240. The van der Waals surface area contributed by atoms with Crippen LogP contribution < -0.4 is 13.7 Å². The van der Waals surface area contributed by atoms with Crippen molar-refractivity contribution in [2.24, 2.45) is 0 Å². The Balaban J connectivity index is 1.40. The van der Waals surface area contributed by atoms with Crippen LogP contribution in [0.2, 0.25) is 0 Å². The minimum Gasteiger partial charge on any atom is -0.497 e. The maximum atomic E-state index is 12.5. The minimum absolute atomic E-state index is 0.109. The van der Waals surface area contributed by atoms with Crippen molar-refractivity contribution in [3.8, 4) is 23.0 Å². The predicted molar refractivity (Wildman–Crippen MR) is 136 cm³/mol. The number of aryl methyl sites for hydroxylation is 1. The van der Waals surface area contributed by atoms with Gasteiger partial charge in [-0.05, 0) is 78.7 Å². The monoisotopic (exact) mass is 472 g/mol. The quantitative estimate of drug-likeness (QED) is 0.271. The van der Waals surface area contributed by atoms with Gasteiger partial charge in [-0.1, -0.05) is 55.8 Å². The first-order valence-corrected chi connectivity index (χ1v) is 12.1. The van der Waals surface area contributed by atoms with Crippen LogP contribution in [0.5, 0.6) is 23.0 Å². The molecule has 0 bridgehead atoms. The van der Waals surface area contributed by atoms with Crippen LogP contribution >= 0.6 is 0 Å². The molecule has 0 heterocycles. The van der Waals surface area contributed by atoms with Gasteiger partial charge in [-0.25, -0.2) is 4.21 Å². The Hall–Kier alpha value is -3.57. The van der Waals surface area contributed by atoms with E-state index in [1.54, 1.807) is 55.6 Å². The fourth-order valence-electron chi connectivity index (χ4n) is 3.60. The molecule has 4 rings (SSSR count). The van der Waals surface area contributed by atoms with Crippen LogP contribution in [0.25, 0.3) is 0 Å². The van der Waals surface area contributed by atoms with Crippen LogP contribution in [0.15, 0.2) is 102 Å². The summed E-state index contributed by atoms with van der Waals surface area (Å²) in [7, 11) is 1.60. The van der Waals surface area contributed by atoms with Gasteiger partial charge < -0.3 is 13.7 Å². The molecule has 0 fully saturated rings. The van der Waals surface area contributed by atoms with Gasteiger partial charge in [0.1, 0.15) is 23.0 Å². The van der Waals surface area contributed by atoms with E-state index >= 15 is 0 Å². The average molecular weight is 473 g/mol. The summed E-state index contributed by atoms with van der Waals surface area (Å²) in [5, 5.41) is 0. The molecule has 1 unspecified atom stereocenters. The largest absolute Gasteiger partial charge is 0.497 e. The Morgan fingerprint density at radius 3 is 1.59 bits per heavy atom. The second-order valence-corrected chi connectivity index (χ2v) is 9.69. The summed E-state index contributed by atoms with van der Waals surface area (Å²) in [6, 6.07) is 30.8. The first-order valence-electron chi connectivity index (χ1n) is 11.0. The molecule has 0 aliphatic heterocycles. The zero-order valence-corrected chi connectivity index (χ0v) is 20.6. The molecule has 0 saturated heterocycles. The molecule has 0 spiro atoms. The fourth-order valence-corrected chi connectivity index (χ4v) is 4.34. The van der Waals surface area contributed by atoms with Gasteiger partial charge in [-0.3, -0.25) is 0 Å². The molecule has 4 nitrogen and oxygen atoms in total. The maximum Gasteiger partial charge on any atom is 0.240 e. The first kappa shape index (κ1) is 23.6. The molecule has 0 aliphatic carbocycles. The van der Waals surface area contributed by atoms with Crippen molar-refractivity contribution in [2.45, 2.75) is 31.1 Å². The summed E-state index contributed by atoms with van der Waals surface area (Å²) in [6.07, 6.45) is 0. The Morgan fingerprint density at radius 2 is 1.06 bits per heavy atom. The van der Waals surface area contributed by atoms with E-state index in [4.69, 9.17) is 13.7 Å². The lowest BCUT2D eigenvalue weighted by Gasteiger charge is -2.26. The van der Waals surface area contributed by atoms with Crippen molar-refractivity contribution in [2.75, 3.05) is 7.11 Å². The lowest BCUT2D eigenvalue weighted by Crippen LogP contribution is -2.18. The lowest BCUT2D eigenvalue weighted by atomic mass is 9.78. The highest BCUT2D eigenvalue weighted by Crippen LogP contribution is 2.33. The van der Waals surface area contributed by atoms with E-state index in [1.807, 2.05) is 12.1 Å². The molecule has 0 radical (unpaired) electrons. The van der Waals surface area contributed by atoms with Crippen LogP contribution in [-0.4, -0.2) is 11.3 Å². The normalized spacial score (nSPS) is 12.1. The van der Waals surface area contributed by atoms with E-state index in [0.29, 0.717) is 22.1 Å². The summed E-state index contributed by atoms with van der Waals surface area (Å²) in [6.45, 7) is 6.54. The third-order valence-electron chi connectivity index (χ3n) is 5.83. The van der Waals surface area contributed by atoms with Gasteiger partial charge >= 0.3 is 0 Å². The van der Waals surface area contributed by atoms with Gasteiger partial charge in [0.25, 0.3) is 0 Å². The molecule has 5 heteroatoms. The minimum atomic E-state index is -1.63. The van der Waals surface area contributed by atoms with E-state index in [9.17, 15) is 4.21 Å². The third-order valence-corrected chi connectivity index (χ3v) is 6.83. The molecule has 0 aromatic heterocycles. The summed E-state index contributed by atoms with van der Waals surface area (Å²) in [5.41, 5.74) is 3.63. The standard InChI is InChI=1S/C29H28O4S/c1-21-5-7-22(8-6-21)29(2,3)23-9-11-25(12-10-23)32-26-17-19-28(20-18-26)34(30)33-27-15-13-24(31-4)14-16-27/h5-20H,1-4H3. The number of rotatable bonds is 8. The SMILES string of the molecule is COc1ccc(OS(=O)c2ccc(Oc3ccc(C(C)(C)c4ccc(C)cc4)cc3)cc2)cc1. The van der Waals surface area contributed by atoms with Gasteiger partial charge in [-0.2, -0.15) is 0 Å². The van der Waals surface area contributed by atoms with Crippen molar-refractivity contribution < 1.29 is 17.9 Å².